The third-order valence-corrected chi connectivity index (χ3v) is 3.21. The van der Waals surface area contributed by atoms with E-state index in [1.165, 1.54) is 6.92 Å². The zero-order chi connectivity index (χ0) is 14.3. The van der Waals surface area contributed by atoms with Crippen LogP contribution < -0.4 is 4.74 Å². The number of ether oxygens (including phenoxy) is 1. The molecule has 2 aromatic carbocycles. The molecule has 0 bridgehead atoms. The Labute approximate surface area is 115 Å². The number of aliphatic hydroxyl groups excluding tert-OH is 1. The highest BCUT2D eigenvalue weighted by atomic mass is 16.6. The average molecular weight is 268 g/mol. The molecule has 3 rings (SSSR count). The molecule has 0 heterocycles. The third kappa shape index (κ3) is 1.82. The van der Waals surface area contributed by atoms with Crippen molar-refractivity contribution < 1.29 is 19.4 Å². The van der Waals surface area contributed by atoms with E-state index in [0.717, 1.165) is 0 Å². The Morgan fingerprint density at radius 2 is 1.50 bits per heavy atom. The van der Waals surface area contributed by atoms with E-state index in [9.17, 15) is 14.7 Å². The molecular formula is C16H12O4. The molecule has 0 aliphatic heterocycles. The molecule has 100 valence electrons. The highest BCUT2D eigenvalue weighted by Crippen LogP contribution is 2.33. The van der Waals surface area contributed by atoms with Crippen LogP contribution in [0.5, 0.6) is 5.75 Å². The highest BCUT2D eigenvalue weighted by molar-refractivity contribution is 6.29. The molecule has 1 aliphatic carbocycles. The molecule has 1 atom stereocenters. The van der Waals surface area contributed by atoms with Crippen molar-refractivity contribution in [2.24, 2.45) is 0 Å². The van der Waals surface area contributed by atoms with Gasteiger partial charge in [-0.2, -0.15) is 0 Å². The van der Waals surface area contributed by atoms with Crippen LogP contribution in [0.1, 0.15) is 38.8 Å². The van der Waals surface area contributed by atoms with Crippen LogP contribution in [0, 0.1) is 0 Å². The predicted octanol–water partition coefficient (Wildman–Crippen LogP) is 2.18. The summed E-state index contributed by atoms with van der Waals surface area (Å²) in [5.41, 5.74) is 1.30. The molecule has 0 amide bonds. The van der Waals surface area contributed by atoms with Gasteiger partial charge in [0.15, 0.2) is 17.9 Å². The van der Waals surface area contributed by atoms with Crippen LogP contribution >= 0.6 is 0 Å². The molecule has 1 unspecified atom stereocenters. The van der Waals surface area contributed by atoms with Gasteiger partial charge in [-0.3, -0.25) is 9.59 Å². The lowest BCUT2D eigenvalue weighted by Crippen LogP contribution is -2.23. The molecule has 0 fully saturated rings. The monoisotopic (exact) mass is 268 g/mol. The first kappa shape index (κ1) is 12.6. The van der Waals surface area contributed by atoms with Gasteiger partial charge in [0, 0.05) is 16.7 Å². The minimum absolute atomic E-state index is 0.203. The van der Waals surface area contributed by atoms with Crippen LogP contribution in [0.2, 0.25) is 0 Å². The smallest absolute Gasteiger partial charge is 0.198 e. The van der Waals surface area contributed by atoms with Crippen LogP contribution in [0.15, 0.2) is 42.5 Å². The Kier molecular flexibility index (Phi) is 2.88. The van der Waals surface area contributed by atoms with Gasteiger partial charge in [0.25, 0.3) is 0 Å². The normalized spacial score (nSPS) is 14.5. The van der Waals surface area contributed by atoms with Crippen LogP contribution in [-0.2, 0) is 0 Å². The van der Waals surface area contributed by atoms with E-state index in [4.69, 9.17) is 4.74 Å². The first-order valence-corrected chi connectivity index (χ1v) is 6.25. The Balaban J connectivity index is 2.23. The minimum atomic E-state index is -1.05. The van der Waals surface area contributed by atoms with Crippen LogP contribution in [0.25, 0.3) is 0 Å². The van der Waals surface area contributed by atoms with Gasteiger partial charge in [0.05, 0.1) is 5.56 Å². The van der Waals surface area contributed by atoms with Crippen molar-refractivity contribution in [1.82, 2.24) is 0 Å². The van der Waals surface area contributed by atoms with E-state index in [2.05, 4.69) is 0 Å². The Morgan fingerprint density at radius 3 is 2.15 bits per heavy atom. The molecule has 0 saturated heterocycles. The highest BCUT2D eigenvalue weighted by Gasteiger charge is 2.32. The molecule has 1 aliphatic rings. The summed E-state index contributed by atoms with van der Waals surface area (Å²) in [6, 6.07) is 11.5. The molecule has 0 radical (unpaired) electrons. The molecule has 0 spiro atoms. The molecular weight excluding hydrogens is 256 g/mol. The topological polar surface area (TPSA) is 63.6 Å². The van der Waals surface area contributed by atoms with Crippen molar-refractivity contribution in [2.45, 2.75) is 13.2 Å². The first-order valence-electron chi connectivity index (χ1n) is 6.25. The van der Waals surface area contributed by atoms with E-state index >= 15 is 0 Å². The number of rotatable bonds is 2. The van der Waals surface area contributed by atoms with Crippen molar-refractivity contribution in [1.29, 1.82) is 0 Å². The van der Waals surface area contributed by atoms with Gasteiger partial charge in [-0.1, -0.05) is 36.4 Å². The molecule has 0 aromatic heterocycles. The minimum Gasteiger partial charge on any atom is -0.465 e. The van der Waals surface area contributed by atoms with Gasteiger partial charge in [0.2, 0.25) is 0 Å². The fourth-order valence-electron chi connectivity index (χ4n) is 2.40. The van der Waals surface area contributed by atoms with Gasteiger partial charge in [-0.25, -0.2) is 0 Å². The van der Waals surface area contributed by atoms with Gasteiger partial charge in [-0.05, 0) is 13.0 Å². The second kappa shape index (κ2) is 4.58. The summed E-state index contributed by atoms with van der Waals surface area (Å²) in [5, 5.41) is 9.34. The fourth-order valence-corrected chi connectivity index (χ4v) is 2.40. The molecule has 20 heavy (non-hydrogen) atoms. The molecule has 4 nitrogen and oxygen atoms in total. The lowest BCUT2D eigenvalue weighted by atomic mass is 9.83. The summed E-state index contributed by atoms with van der Waals surface area (Å²) >= 11 is 0. The second-order valence-corrected chi connectivity index (χ2v) is 4.60. The van der Waals surface area contributed by atoms with E-state index in [1.807, 2.05) is 0 Å². The third-order valence-electron chi connectivity index (χ3n) is 3.21. The number of benzene rings is 2. The van der Waals surface area contributed by atoms with Crippen molar-refractivity contribution in [2.75, 3.05) is 0 Å². The molecule has 2 aromatic rings. The van der Waals surface area contributed by atoms with Gasteiger partial charge < -0.3 is 9.84 Å². The lowest BCUT2D eigenvalue weighted by molar-refractivity contribution is -0.000809. The molecule has 4 heteroatoms. The van der Waals surface area contributed by atoms with Crippen molar-refractivity contribution in [3.8, 4) is 5.75 Å². The largest absolute Gasteiger partial charge is 0.465 e. The maximum absolute atomic E-state index is 12.5. The van der Waals surface area contributed by atoms with Crippen LogP contribution in [0.3, 0.4) is 0 Å². The Bertz CT molecular complexity index is 716. The number of ketones is 2. The Morgan fingerprint density at radius 1 is 0.900 bits per heavy atom. The van der Waals surface area contributed by atoms with Crippen molar-refractivity contribution in [3.05, 3.63) is 64.7 Å². The summed E-state index contributed by atoms with van der Waals surface area (Å²) < 4.78 is 5.23. The number of hydrogen-bond acceptors (Lipinski definition) is 4. The standard InChI is InChI=1S/C16H12O4/c1-9(17)20-13-8-4-7-12-14(13)16(19)11-6-3-2-5-10(11)15(12)18/h2-9,17H,1H3. The number of carbonyl (C=O) groups is 2. The number of aliphatic hydroxyl groups is 1. The Hall–Kier alpha value is -2.46. The average Bonchev–Trinajstić information content (AvgIpc) is 2.44. The van der Waals surface area contributed by atoms with Crippen LogP contribution in [-0.4, -0.2) is 23.0 Å². The van der Waals surface area contributed by atoms with E-state index in [-0.39, 0.29) is 22.9 Å². The van der Waals surface area contributed by atoms with Gasteiger partial charge >= 0.3 is 0 Å². The molecule has 1 N–H and O–H groups in total. The summed E-state index contributed by atoms with van der Waals surface area (Å²) in [6.45, 7) is 1.45. The van der Waals surface area contributed by atoms with E-state index < -0.39 is 6.29 Å². The van der Waals surface area contributed by atoms with E-state index in [1.54, 1.807) is 42.5 Å². The predicted molar refractivity (Wildman–Crippen MR) is 72.1 cm³/mol. The fraction of sp³-hybridized carbons (Fsp3) is 0.125. The zero-order valence-electron chi connectivity index (χ0n) is 10.8. The summed E-state index contributed by atoms with van der Waals surface area (Å²) in [6.07, 6.45) is -1.05. The maximum Gasteiger partial charge on any atom is 0.198 e. The summed E-state index contributed by atoms with van der Waals surface area (Å²) in [5.74, 6) is -0.233. The summed E-state index contributed by atoms with van der Waals surface area (Å²) in [7, 11) is 0. The quantitative estimate of drug-likeness (QED) is 0.723. The van der Waals surface area contributed by atoms with Crippen LogP contribution in [0.4, 0.5) is 0 Å². The van der Waals surface area contributed by atoms with Crippen molar-refractivity contribution in [3.63, 3.8) is 0 Å². The number of hydrogen-bond donors (Lipinski definition) is 1. The lowest BCUT2D eigenvalue weighted by Gasteiger charge is -2.20. The molecule has 0 saturated carbocycles. The first-order chi connectivity index (χ1) is 9.59. The van der Waals surface area contributed by atoms with Gasteiger partial charge in [0.1, 0.15) is 5.75 Å². The van der Waals surface area contributed by atoms with Gasteiger partial charge in [-0.15, -0.1) is 0 Å². The maximum atomic E-state index is 12.5. The summed E-state index contributed by atoms with van der Waals surface area (Å²) in [4.78, 5) is 25.0. The SMILES string of the molecule is CC(O)Oc1cccc2c1C(=O)c1ccccc1C2=O. The number of carbonyl (C=O) groups excluding carboxylic acids is 2. The number of fused-ring (bicyclic) bond motifs is 2. The van der Waals surface area contributed by atoms with Crippen molar-refractivity contribution >= 4 is 11.6 Å². The van der Waals surface area contributed by atoms with E-state index in [0.29, 0.717) is 16.7 Å². The second-order valence-electron chi connectivity index (χ2n) is 4.60. The zero-order valence-corrected chi connectivity index (χ0v) is 10.8.